The molecule has 0 aliphatic carbocycles. The number of nitrogens with zero attached hydrogens (tertiary/aromatic N) is 2. The van der Waals surface area contributed by atoms with Crippen LogP contribution in [0.4, 0.5) is 0 Å². The smallest absolute Gasteiger partial charge is 0.338 e. The molecule has 5 nitrogen and oxygen atoms in total. The summed E-state index contributed by atoms with van der Waals surface area (Å²) in [5.41, 5.74) is 2.89. The van der Waals surface area contributed by atoms with Crippen molar-refractivity contribution >= 4 is 46.1 Å². The molecule has 2 heterocycles. The SMILES string of the molecule is CCOC(=O)C1=C(C)N=C2SC=CN2C1c1ccccc1OCc1ccc(Cl)c(Cl)c1. The first-order chi connectivity index (χ1) is 15.0. The molecule has 1 unspecified atom stereocenters. The van der Waals surface area contributed by atoms with Gasteiger partial charge in [-0.15, -0.1) is 0 Å². The van der Waals surface area contributed by atoms with Gasteiger partial charge in [-0.2, -0.15) is 0 Å². The van der Waals surface area contributed by atoms with Crippen LogP contribution in [0.5, 0.6) is 5.75 Å². The third-order valence-corrected chi connectivity index (χ3v) is 6.42. The molecule has 0 N–H and O–H groups in total. The highest BCUT2D eigenvalue weighted by Crippen LogP contribution is 2.43. The Hall–Kier alpha value is -2.41. The van der Waals surface area contributed by atoms with Crippen LogP contribution in [0.25, 0.3) is 0 Å². The van der Waals surface area contributed by atoms with Gasteiger partial charge in [0.1, 0.15) is 12.4 Å². The van der Waals surface area contributed by atoms with Crippen molar-refractivity contribution in [2.45, 2.75) is 26.5 Å². The quantitative estimate of drug-likeness (QED) is 0.457. The summed E-state index contributed by atoms with van der Waals surface area (Å²) in [7, 11) is 0. The van der Waals surface area contributed by atoms with E-state index in [1.807, 2.05) is 53.8 Å². The number of aliphatic imine (C=N–C) groups is 1. The molecule has 0 saturated carbocycles. The number of carbonyl (C=O) groups excluding carboxylic acids is 1. The van der Waals surface area contributed by atoms with E-state index in [1.165, 1.54) is 11.8 Å². The second-order valence-electron chi connectivity index (χ2n) is 6.90. The van der Waals surface area contributed by atoms with E-state index in [-0.39, 0.29) is 5.97 Å². The number of ether oxygens (including phenoxy) is 2. The van der Waals surface area contributed by atoms with Crippen LogP contribution in [0, 0.1) is 0 Å². The third-order valence-electron chi connectivity index (χ3n) is 4.91. The zero-order chi connectivity index (χ0) is 22.0. The summed E-state index contributed by atoms with van der Waals surface area (Å²) in [5, 5.41) is 3.74. The fourth-order valence-corrected chi connectivity index (χ4v) is 4.62. The van der Waals surface area contributed by atoms with E-state index < -0.39 is 6.04 Å². The van der Waals surface area contributed by atoms with Gasteiger partial charge >= 0.3 is 5.97 Å². The van der Waals surface area contributed by atoms with Crippen LogP contribution in [0.2, 0.25) is 10.0 Å². The van der Waals surface area contributed by atoms with Crippen molar-refractivity contribution < 1.29 is 14.3 Å². The fraction of sp³-hybridized carbons (Fsp3) is 0.217. The molecule has 8 heteroatoms. The number of hydrogen-bond donors (Lipinski definition) is 0. The predicted molar refractivity (Wildman–Crippen MR) is 125 cm³/mol. The van der Waals surface area contributed by atoms with Gasteiger partial charge < -0.3 is 14.4 Å². The van der Waals surface area contributed by atoms with E-state index >= 15 is 0 Å². The van der Waals surface area contributed by atoms with Crippen LogP contribution < -0.4 is 4.74 Å². The maximum Gasteiger partial charge on any atom is 0.338 e. The molecule has 160 valence electrons. The largest absolute Gasteiger partial charge is 0.489 e. The lowest BCUT2D eigenvalue weighted by atomic mass is 9.94. The highest BCUT2D eigenvalue weighted by atomic mass is 35.5. The van der Waals surface area contributed by atoms with Crippen LogP contribution in [0.1, 0.15) is 31.0 Å². The van der Waals surface area contributed by atoms with Gasteiger partial charge in [-0.25, -0.2) is 9.79 Å². The van der Waals surface area contributed by atoms with Gasteiger partial charge in [-0.3, -0.25) is 0 Å². The van der Waals surface area contributed by atoms with Crippen molar-refractivity contribution in [1.82, 2.24) is 4.90 Å². The summed E-state index contributed by atoms with van der Waals surface area (Å²) >= 11 is 13.7. The molecule has 2 aliphatic rings. The van der Waals surface area contributed by atoms with Gasteiger partial charge in [-0.1, -0.05) is 59.2 Å². The zero-order valence-electron chi connectivity index (χ0n) is 17.0. The fourth-order valence-electron chi connectivity index (χ4n) is 3.50. The lowest BCUT2D eigenvalue weighted by Crippen LogP contribution is -2.34. The number of esters is 1. The van der Waals surface area contributed by atoms with Crippen molar-refractivity contribution in [3.63, 3.8) is 0 Å². The molecule has 2 aromatic rings. The first kappa shape index (κ1) is 21.8. The highest BCUT2D eigenvalue weighted by Gasteiger charge is 2.38. The maximum absolute atomic E-state index is 12.9. The van der Waals surface area contributed by atoms with Gasteiger partial charge in [-0.05, 0) is 43.0 Å². The summed E-state index contributed by atoms with van der Waals surface area (Å²) in [4.78, 5) is 19.4. The number of thioether (sulfide) groups is 1. The number of para-hydroxylation sites is 1. The minimum atomic E-state index is -0.400. The minimum absolute atomic E-state index is 0.291. The van der Waals surface area contributed by atoms with Gasteiger partial charge in [0.2, 0.25) is 0 Å². The Morgan fingerprint density at radius 2 is 2.00 bits per heavy atom. The summed E-state index contributed by atoms with van der Waals surface area (Å²) in [6.45, 7) is 4.23. The molecule has 0 radical (unpaired) electrons. The van der Waals surface area contributed by atoms with Crippen molar-refractivity contribution in [2.24, 2.45) is 4.99 Å². The number of benzene rings is 2. The lowest BCUT2D eigenvalue weighted by Gasteiger charge is -2.34. The standard InChI is InChI=1S/C23H20Cl2N2O3S/c1-3-29-22(28)20-14(2)26-23-27(10-11-31-23)21(20)16-6-4-5-7-19(16)30-13-15-8-9-17(24)18(25)12-15/h4-12,21H,3,13H2,1-2H3. The minimum Gasteiger partial charge on any atom is -0.489 e. The van der Waals surface area contributed by atoms with E-state index in [4.69, 9.17) is 32.7 Å². The highest BCUT2D eigenvalue weighted by molar-refractivity contribution is 8.16. The number of amidine groups is 1. The second kappa shape index (κ2) is 9.39. The van der Waals surface area contributed by atoms with E-state index in [0.717, 1.165) is 16.3 Å². The molecule has 4 rings (SSSR count). The number of hydrogen-bond acceptors (Lipinski definition) is 6. The molecular weight excluding hydrogens is 455 g/mol. The summed E-state index contributed by atoms with van der Waals surface area (Å²) in [6.07, 6.45) is 1.93. The number of halogens is 2. The third kappa shape index (κ3) is 4.47. The van der Waals surface area contributed by atoms with E-state index in [9.17, 15) is 4.79 Å². The van der Waals surface area contributed by atoms with Crippen molar-refractivity contribution in [3.8, 4) is 5.75 Å². The summed E-state index contributed by atoms with van der Waals surface area (Å²) in [5.74, 6) is 0.289. The molecular formula is C23H20Cl2N2O3S. The van der Waals surface area contributed by atoms with Gasteiger partial charge in [0.15, 0.2) is 5.17 Å². The Balaban J connectivity index is 1.70. The Bertz CT molecular complexity index is 1110. The molecule has 2 aliphatic heterocycles. The number of carbonyl (C=O) groups is 1. The first-order valence-corrected chi connectivity index (χ1v) is 11.4. The zero-order valence-corrected chi connectivity index (χ0v) is 19.3. The van der Waals surface area contributed by atoms with Crippen molar-refractivity contribution in [3.05, 3.63) is 86.5 Å². The van der Waals surface area contributed by atoms with Crippen LogP contribution >= 0.6 is 35.0 Å². The Morgan fingerprint density at radius 1 is 1.19 bits per heavy atom. The molecule has 1 atom stereocenters. The number of fused-ring (bicyclic) bond motifs is 1. The van der Waals surface area contributed by atoms with Gasteiger partial charge in [0.05, 0.1) is 34.0 Å². The molecule has 0 aromatic heterocycles. The monoisotopic (exact) mass is 474 g/mol. The van der Waals surface area contributed by atoms with Crippen LogP contribution in [0.15, 0.2) is 70.3 Å². The molecule has 31 heavy (non-hydrogen) atoms. The van der Waals surface area contributed by atoms with E-state index in [1.54, 1.807) is 19.1 Å². The van der Waals surface area contributed by atoms with Gasteiger partial charge in [0, 0.05) is 11.8 Å². The van der Waals surface area contributed by atoms with E-state index in [2.05, 4.69) is 4.99 Å². The molecule has 0 saturated heterocycles. The first-order valence-electron chi connectivity index (χ1n) is 9.73. The van der Waals surface area contributed by atoms with E-state index in [0.29, 0.717) is 40.3 Å². The molecule has 0 bridgehead atoms. The Labute approximate surface area is 195 Å². The normalized spacial score (nSPS) is 17.5. The second-order valence-corrected chi connectivity index (χ2v) is 8.59. The molecule has 0 amide bonds. The molecule has 0 fully saturated rings. The summed E-state index contributed by atoms with van der Waals surface area (Å²) in [6, 6.07) is 12.7. The Kier molecular flexibility index (Phi) is 6.60. The molecule has 0 spiro atoms. The van der Waals surface area contributed by atoms with Crippen LogP contribution in [0.3, 0.4) is 0 Å². The summed E-state index contributed by atoms with van der Waals surface area (Å²) < 4.78 is 11.5. The van der Waals surface area contributed by atoms with Crippen molar-refractivity contribution in [1.29, 1.82) is 0 Å². The predicted octanol–water partition coefficient (Wildman–Crippen LogP) is 6.34. The average molecular weight is 475 g/mol. The van der Waals surface area contributed by atoms with Crippen LogP contribution in [-0.2, 0) is 16.1 Å². The average Bonchev–Trinajstić information content (AvgIpc) is 3.22. The van der Waals surface area contributed by atoms with Crippen LogP contribution in [-0.4, -0.2) is 22.6 Å². The van der Waals surface area contributed by atoms with Crippen molar-refractivity contribution in [2.75, 3.05) is 6.61 Å². The molecule has 2 aromatic carbocycles. The number of allylic oxidation sites excluding steroid dienone is 1. The topological polar surface area (TPSA) is 51.1 Å². The Morgan fingerprint density at radius 3 is 2.77 bits per heavy atom. The lowest BCUT2D eigenvalue weighted by molar-refractivity contribution is -0.139. The van der Waals surface area contributed by atoms with Gasteiger partial charge in [0.25, 0.3) is 0 Å². The number of rotatable bonds is 6. The maximum atomic E-state index is 12.9.